The van der Waals surface area contributed by atoms with E-state index in [4.69, 9.17) is 18.7 Å². The average Bonchev–Trinajstić information content (AvgIpc) is 3.21. The van der Waals surface area contributed by atoms with Crippen LogP contribution in [-0.4, -0.2) is 48.3 Å². The van der Waals surface area contributed by atoms with Crippen molar-refractivity contribution in [3.8, 4) is 28.6 Å². The molecule has 1 amide bonds. The van der Waals surface area contributed by atoms with E-state index < -0.39 is 6.10 Å². The molecule has 0 aliphatic heterocycles. The second-order valence-corrected chi connectivity index (χ2v) is 6.85. The summed E-state index contributed by atoms with van der Waals surface area (Å²) in [6, 6.07) is 12.9. The minimum Gasteiger partial charge on any atom is -0.493 e. The van der Waals surface area contributed by atoms with Gasteiger partial charge in [0.25, 0.3) is 5.91 Å². The molecule has 8 heteroatoms. The monoisotopic (exact) mass is 411 g/mol. The smallest absolute Gasteiger partial charge is 0.263 e. The molecule has 1 heterocycles. The van der Waals surface area contributed by atoms with E-state index in [1.807, 2.05) is 37.3 Å². The normalized spacial score (nSPS) is 11.6. The highest BCUT2D eigenvalue weighted by molar-refractivity contribution is 5.80. The van der Waals surface area contributed by atoms with Crippen molar-refractivity contribution in [3.05, 3.63) is 53.9 Å². The SMILES string of the molecule is COc1ccc(-c2noc(CN(C)C(=O)[C@@H](C)Oc3cccc(C)c3)n2)cc1OC. The number of carbonyl (C=O) groups is 1. The number of aryl methyl sites for hydroxylation is 1. The molecule has 0 saturated carbocycles. The standard InChI is InChI=1S/C22H25N3O5/c1-14-7-6-8-17(11-14)29-15(2)22(26)25(3)13-20-23-21(24-30-20)16-9-10-18(27-4)19(12-16)28-5/h6-12,15H,13H2,1-5H3/t15-/m1/s1. The summed E-state index contributed by atoms with van der Waals surface area (Å²) in [5.41, 5.74) is 1.78. The van der Waals surface area contributed by atoms with Gasteiger partial charge in [0.15, 0.2) is 17.6 Å². The van der Waals surface area contributed by atoms with Crippen molar-refractivity contribution in [3.63, 3.8) is 0 Å². The fourth-order valence-electron chi connectivity index (χ4n) is 2.95. The highest BCUT2D eigenvalue weighted by Crippen LogP contribution is 2.31. The summed E-state index contributed by atoms with van der Waals surface area (Å²) in [7, 11) is 4.79. The molecule has 0 unspecified atom stereocenters. The van der Waals surface area contributed by atoms with E-state index >= 15 is 0 Å². The summed E-state index contributed by atoms with van der Waals surface area (Å²) in [5, 5.41) is 4.00. The zero-order chi connectivity index (χ0) is 21.7. The first-order valence-corrected chi connectivity index (χ1v) is 9.44. The van der Waals surface area contributed by atoms with Crippen molar-refractivity contribution < 1.29 is 23.5 Å². The van der Waals surface area contributed by atoms with Gasteiger partial charge >= 0.3 is 0 Å². The van der Waals surface area contributed by atoms with Crippen LogP contribution >= 0.6 is 0 Å². The zero-order valence-corrected chi connectivity index (χ0v) is 17.7. The van der Waals surface area contributed by atoms with Crippen molar-refractivity contribution in [2.45, 2.75) is 26.5 Å². The zero-order valence-electron chi connectivity index (χ0n) is 17.7. The topological polar surface area (TPSA) is 86.9 Å². The molecule has 0 bridgehead atoms. The van der Waals surface area contributed by atoms with Gasteiger partial charge in [-0.05, 0) is 49.7 Å². The molecule has 1 aromatic heterocycles. The number of hydrogen-bond acceptors (Lipinski definition) is 7. The predicted molar refractivity (Wildman–Crippen MR) is 111 cm³/mol. The van der Waals surface area contributed by atoms with E-state index in [0.717, 1.165) is 5.56 Å². The van der Waals surface area contributed by atoms with E-state index in [-0.39, 0.29) is 12.5 Å². The van der Waals surface area contributed by atoms with Crippen LogP contribution in [0.2, 0.25) is 0 Å². The van der Waals surface area contributed by atoms with Gasteiger partial charge < -0.3 is 23.6 Å². The van der Waals surface area contributed by atoms with Gasteiger partial charge in [-0.2, -0.15) is 4.98 Å². The third-order valence-electron chi connectivity index (χ3n) is 4.51. The highest BCUT2D eigenvalue weighted by Gasteiger charge is 2.22. The molecule has 0 spiro atoms. The summed E-state index contributed by atoms with van der Waals surface area (Å²) in [6.07, 6.45) is -0.648. The maximum absolute atomic E-state index is 12.6. The summed E-state index contributed by atoms with van der Waals surface area (Å²) in [4.78, 5) is 18.5. The predicted octanol–water partition coefficient (Wildman–Crippen LogP) is 3.49. The second-order valence-electron chi connectivity index (χ2n) is 6.85. The Morgan fingerprint density at radius 1 is 1.13 bits per heavy atom. The number of aromatic nitrogens is 2. The molecular weight excluding hydrogens is 386 g/mol. The van der Waals surface area contributed by atoms with Crippen LogP contribution in [0.25, 0.3) is 11.4 Å². The number of hydrogen-bond donors (Lipinski definition) is 0. The molecule has 0 fully saturated rings. The molecule has 0 aliphatic rings. The lowest BCUT2D eigenvalue weighted by molar-refractivity contribution is -0.137. The first-order valence-electron chi connectivity index (χ1n) is 9.44. The van der Waals surface area contributed by atoms with Gasteiger partial charge in [0, 0.05) is 12.6 Å². The Balaban J connectivity index is 1.65. The van der Waals surface area contributed by atoms with Crippen LogP contribution in [0, 0.1) is 6.92 Å². The Morgan fingerprint density at radius 2 is 1.90 bits per heavy atom. The van der Waals surface area contributed by atoms with Crippen LogP contribution < -0.4 is 14.2 Å². The highest BCUT2D eigenvalue weighted by atomic mass is 16.5. The van der Waals surface area contributed by atoms with Crippen molar-refractivity contribution >= 4 is 5.91 Å². The molecule has 0 aliphatic carbocycles. The number of carbonyl (C=O) groups excluding carboxylic acids is 1. The number of ether oxygens (including phenoxy) is 3. The molecule has 0 saturated heterocycles. The Hall–Kier alpha value is -3.55. The van der Waals surface area contributed by atoms with Gasteiger partial charge in [0.1, 0.15) is 5.75 Å². The molecule has 30 heavy (non-hydrogen) atoms. The maximum Gasteiger partial charge on any atom is 0.263 e. The molecular formula is C22H25N3O5. The van der Waals surface area contributed by atoms with Crippen LogP contribution in [-0.2, 0) is 11.3 Å². The Kier molecular flexibility index (Phi) is 6.56. The minimum atomic E-state index is -0.648. The molecule has 0 radical (unpaired) electrons. The number of nitrogens with zero attached hydrogens (tertiary/aromatic N) is 3. The fraction of sp³-hybridized carbons (Fsp3) is 0.318. The molecule has 3 aromatic rings. The number of rotatable bonds is 8. The van der Waals surface area contributed by atoms with Gasteiger partial charge in [-0.25, -0.2) is 0 Å². The molecule has 2 aromatic carbocycles. The first-order chi connectivity index (χ1) is 14.4. The minimum absolute atomic E-state index is 0.167. The van der Waals surface area contributed by atoms with Crippen LogP contribution in [0.15, 0.2) is 47.0 Å². The third kappa shape index (κ3) is 4.89. The van der Waals surface area contributed by atoms with Gasteiger partial charge in [0.2, 0.25) is 11.7 Å². The van der Waals surface area contributed by atoms with Crippen LogP contribution in [0.1, 0.15) is 18.4 Å². The third-order valence-corrected chi connectivity index (χ3v) is 4.51. The maximum atomic E-state index is 12.6. The van der Waals surface area contributed by atoms with E-state index in [1.165, 1.54) is 4.90 Å². The summed E-state index contributed by atoms with van der Waals surface area (Å²) in [5.74, 6) is 2.35. The van der Waals surface area contributed by atoms with E-state index in [1.54, 1.807) is 40.3 Å². The molecule has 0 N–H and O–H groups in total. The molecule has 1 atom stereocenters. The number of amides is 1. The van der Waals surface area contributed by atoms with Crippen molar-refractivity contribution in [1.82, 2.24) is 15.0 Å². The van der Waals surface area contributed by atoms with Crippen molar-refractivity contribution in [2.24, 2.45) is 0 Å². The number of methoxy groups -OCH3 is 2. The van der Waals surface area contributed by atoms with Gasteiger partial charge in [-0.3, -0.25) is 4.79 Å². The Morgan fingerprint density at radius 3 is 2.60 bits per heavy atom. The average molecular weight is 411 g/mol. The summed E-state index contributed by atoms with van der Waals surface area (Å²) < 4.78 is 21.6. The van der Waals surface area contributed by atoms with E-state index in [0.29, 0.717) is 34.5 Å². The van der Waals surface area contributed by atoms with E-state index in [9.17, 15) is 4.79 Å². The van der Waals surface area contributed by atoms with E-state index in [2.05, 4.69) is 10.1 Å². The molecule has 3 rings (SSSR count). The Labute approximate surface area is 175 Å². The quantitative estimate of drug-likeness (QED) is 0.561. The number of benzene rings is 2. The number of likely N-dealkylation sites (N-methyl/N-ethyl adjacent to an activating group) is 1. The first kappa shape index (κ1) is 21.2. The summed E-state index contributed by atoms with van der Waals surface area (Å²) >= 11 is 0. The van der Waals surface area contributed by atoms with Crippen molar-refractivity contribution in [1.29, 1.82) is 0 Å². The molecule has 8 nitrogen and oxygen atoms in total. The summed E-state index contributed by atoms with van der Waals surface area (Å²) in [6.45, 7) is 3.85. The lowest BCUT2D eigenvalue weighted by Crippen LogP contribution is -2.37. The largest absolute Gasteiger partial charge is 0.493 e. The van der Waals surface area contributed by atoms with Gasteiger partial charge in [-0.1, -0.05) is 17.3 Å². The fourth-order valence-corrected chi connectivity index (χ4v) is 2.95. The second kappa shape index (κ2) is 9.30. The van der Waals surface area contributed by atoms with Crippen LogP contribution in [0.3, 0.4) is 0 Å². The van der Waals surface area contributed by atoms with Crippen LogP contribution in [0.5, 0.6) is 17.2 Å². The Bertz CT molecular complexity index is 1020. The molecule has 158 valence electrons. The van der Waals surface area contributed by atoms with Crippen molar-refractivity contribution in [2.75, 3.05) is 21.3 Å². The lowest BCUT2D eigenvalue weighted by Gasteiger charge is -2.20. The van der Waals surface area contributed by atoms with Gasteiger partial charge in [-0.15, -0.1) is 0 Å². The van der Waals surface area contributed by atoms with Crippen LogP contribution in [0.4, 0.5) is 0 Å². The van der Waals surface area contributed by atoms with Gasteiger partial charge in [0.05, 0.1) is 20.8 Å². The lowest BCUT2D eigenvalue weighted by atomic mass is 10.2.